The Kier molecular flexibility index (Phi) is 2.78. The molecule has 1 aromatic carbocycles. The predicted octanol–water partition coefficient (Wildman–Crippen LogP) is 3.78. The molecule has 112 valence electrons. The van der Waals surface area contributed by atoms with Crippen molar-refractivity contribution < 1.29 is 10.2 Å². The number of fused-ring (bicyclic) bond motifs is 5. The van der Waals surface area contributed by atoms with Crippen LogP contribution in [0.3, 0.4) is 0 Å². The molecule has 0 saturated heterocycles. The third kappa shape index (κ3) is 1.81. The molecule has 2 N–H and O–H groups in total. The molecule has 5 atom stereocenters. The minimum Gasteiger partial charge on any atom is -0.508 e. The largest absolute Gasteiger partial charge is 0.508 e. The normalized spacial score (nSPS) is 41.3. The van der Waals surface area contributed by atoms with Gasteiger partial charge in [0, 0.05) is 0 Å². The first-order chi connectivity index (χ1) is 9.99. The maximum absolute atomic E-state index is 10.3. The maximum Gasteiger partial charge on any atom is 0.115 e. The quantitative estimate of drug-likeness (QED) is 0.712. The summed E-state index contributed by atoms with van der Waals surface area (Å²) in [6.45, 7) is 6.58. The number of aryl methyl sites for hydroxylation is 1. The van der Waals surface area contributed by atoms with E-state index in [1.54, 1.807) is 0 Å². The molecule has 0 radical (unpaired) electrons. The molecule has 0 unspecified atom stereocenters. The van der Waals surface area contributed by atoms with Crippen molar-refractivity contribution in [2.45, 2.75) is 51.0 Å². The van der Waals surface area contributed by atoms with E-state index < -0.39 is 0 Å². The van der Waals surface area contributed by atoms with Crippen LogP contribution in [0.15, 0.2) is 30.4 Å². The van der Waals surface area contributed by atoms with Gasteiger partial charge in [-0.2, -0.15) is 0 Å². The fraction of sp³-hybridized carbons (Fsp3) is 0.579. The number of benzene rings is 1. The third-order valence-electron chi connectivity index (χ3n) is 6.48. The van der Waals surface area contributed by atoms with Gasteiger partial charge in [0.05, 0.1) is 6.10 Å². The highest BCUT2D eigenvalue weighted by Crippen LogP contribution is 2.62. The smallest absolute Gasteiger partial charge is 0.115 e. The van der Waals surface area contributed by atoms with Gasteiger partial charge in [-0.3, -0.25) is 0 Å². The Morgan fingerprint density at radius 1 is 1.29 bits per heavy atom. The zero-order valence-corrected chi connectivity index (χ0v) is 12.7. The SMILES string of the molecule is C=C1[C@@H](O)C[C@@]2(C)CC[C@@H]3c4ccc(O)cc4CC[C@H]3[C@H]12. The first-order valence-corrected chi connectivity index (χ1v) is 8.18. The predicted molar refractivity (Wildman–Crippen MR) is 83.3 cm³/mol. The number of aliphatic hydroxyl groups excluding tert-OH is 1. The summed E-state index contributed by atoms with van der Waals surface area (Å²) in [5.74, 6) is 2.04. The van der Waals surface area contributed by atoms with Crippen LogP contribution in [0, 0.1) is 17.3 Å². The Balaban J connectivity index is 1.75. The summed E-state index contributed by atoms with van der Waals surface area (Å²) in [5, 5.41) is 20.0. The van der Waals surface area contributed by atoms with Crippen LogP contribution >= 0.6 is 0 Å². The van der Waals surface area contributed by atoms with E-state index in [0.29, 0.717) is 23.5 Å². The average molecular weight is 284 g/mol. The van der Waals surface area contributed by atoms with Crippen LogP contribution in [-0.2, 0) is 6.42 Å². The van der Waals surface area contributed by atoms with Crippen molar-refractivity contribution in [3.05, 3.63) is 41.5 Å². The lowest BCUT2D eigenvalue weighted by atomic mass is 9.55. The lowest BCUT2D eigenvalue weighted by molar-refractivity contribution is 0.0718. The second-order valence-electron chi connectivity index (χ2n) is 7.66. The average Bonchev–Trinajstić information content (AvgIpc) is 2.68. The van der Waals surface area contributed by atoms with Crippen LogP contribution in [0.4, 0.5) is 0 Å². The van der Waals surface area contributed by atoms with Gasteiger partial charge in [-0.1, -0.05) is 19.6 Å². The van der Waals surface area contributed by atoms with Gasteiger partial charge in [0.15, 0.2) is 0 Å². The summed E-state index contributed by atoms with van der Waals surface area (Å²) in [5.41, 5.74) is 4.07. The van der Waals surface area contributed by atoms with Gasteiger partial charge < -0.3 is 10.2 Å². The number of phenols is 1. The number of rotatable bonds is 0. The van der Waals surface area contributed by atoms with Crippen LogP contribution in [0.5, 0.6) is 5.75 Å². The van der Waals surface area contributed by atoms with Crippen molar-refractivity contribution >= 4 is 0 Å². The van der Waals surface area contributed by atoms with E-state index in [2.05, 4.69) is 19.6 Å². The van der Waals surface area contributed by atoms with Crippen molar-refractivity contribution in [3.8, 4) is 5.75 Å². The van der Waals surface area contributed by atoms with E-state index >= 15 is 0 Å². The van der Waals surface area contributed by atoms with Crippen LogP contribution < -0.4 is 0 Å². The molecule has 1 aromatic rings. The highest BCUT2D eigenvalue weighted by molar-refractivity contribution is 5.41. The topological polar surface area (TPSA) is 40.5 Å². The number of hydrogen-bond donors (Lipinski definition) is 2. The van der Waals surface area contributed by atoms with Gasteiger partial charge in [0.2, 0.25) is 0 Å². The van der Waals surface area contributed by atoms with Crippen LogP contribution in [-0.4, -0.2) is 16.3 Å². The van der Waals surface area contributed by atoms with Crippen molar-refractivity contribution in [3.63, 3.8) is 0 Å². The molecule has 2 saturated carbocycles. The zero-order chi connectivity index (χ0) is 14.8. The second kappa shape index (κ2) is 4.36. The third-order valence-corrected chi connectivity index (χ3v) is 6.48. The van der Waals surface area contributed by atoms with Gasteiger partial charge in [-0.25, -0.2) is 0 Å². The van der Waals surface area contributed by atoms with Gasteiger partial charge in [0.25, 0.3) is 0 Å². The molecule has 0 amide bonds. The maximum atomic E-state index is 10.3. The molecule has 0 aromatic heterocycles. The minimum absolute atomic E-state index is 0.242. The summed E-state index contributed by atoms with van der Waals surface area (Å²) in [6.07, 6.45) is 5.17. The fourth-order valence-corrected chi connectivity index (χ4v) is 5.58. The summed E-state index contributed by atoms with van der Waals surface area (Å²) in [6, 6.07) is 5.89. The highest BCUT2D eigenvalue weighted by atomic mass is 16.3. The van der Waals surface area contributed by atoms with E-state index in [1.807, 2.05) is 12.1 Å². The first-order valence-electron chi connectivity index (χ1n) is 8.18. The molecule has 0 spiro atoms. The van der Waals surface area contributed by atoms with E-state index in [9.17, 15) is 10.2 Å². The first kappa shape index (κ1) is 13.4. The molecule has 2 nitrogen and oxygen atoms in total. The molecular weight excluding hydrogens is 260 g/mol. The van der Waals surface area contributed by atoms with Crippen LogP contribution in [0.2, 0.25) is 0 Å². The molecule has 3 aliphatic carbocycles. The van der Waals surface area contributed by atoms with Crippen LogP contribution in [0.1, 0.15) is 49.7 Å². The number of phenolic OH excluding ortho intramolecular Hbond substituents is 1. The van der Waals surface area contributed by atoms with Crippen molar-refractivity contribution in [2.24, 2.45) is 17.3 Å². The van der Waals surface area contributed by atoms with Gasteiger partial charge >= 0.3 is 0 Å². The number of aromatic hydroxyl groups is 1. The lowest BCUT2D eigenvalue weighted by Gasteiger charge is -2.49. The Morgan fingerprint density at radius 2 is 2.10 bits per heavy atom. The van der Waals surface area contributed by atoms with E-state index in [-0.39, 0.29) is 11.5 Å². The van der Waals surface area contributed by atoms with E-state index in [1.165, 1.54) is 24.0 Å². The van der Waals surface area contributed by atoms with E-state index in [0.717, 1.165) is 24.8 Å². The van der Waals surface area contributed by atoms with Crippen molar-refractivity contribution in [1.29, 1.82) is 0 Å². The molecule has 0 bridgehead atoms. The molecule has 4 rings (SSSR count). The van der Waals surface area contributed by atoms with Gasteiger partial charge in [0.1, 0.15) is 5.75 Å². The number of aliphatic hydroxyl groups is 1. The molecule has 3 aliphatic rings. The molecule has 2 heteroatoms. The van der Waals surface area contributed by atoms with Crippen molar-refractivity contribution in [2.75, 3.05) is 0 Å². The molecule has 0 heterocycles. The standard InChI is InChI=1S/C19H24O2/c1-11-17(21)10-19(2)8-7-15-14-6-4-13(20)9-12(14)3-5-16(15)18(11)19/h4,6,9,15-18,20-21H,1,3,5,7-8,10H2,2H3/t15-,16-,17+,18+,19-/m1/s1. The fourth-order valence-electron chi connectivity index (χ4n) is 5.58. The van der Waals surface area contributed by atoms with Gasteiger partial charge in [-0.05, 0) is 84.1 Å². The summed E-state index contributed by atoms with van der Waals surface area (Å²) < 4.78 is 0. The monoisotopic (exact) mass is 284 g/mol. The lowest BCUT2D eigenvalue weighted by Crippen LogP contribution is -2.40. The summed E-state index contributed by atoms with van der Waals surface area (Å²) in [7, 11) is 0. The Morgan fingerprint density at radius 3 is 2.90 bits per heavy atom. The van der Waals surface area contributed by atoms with Crippen molar-refractivity contribution in [1.82, 2.24) is 0 Å². The van der Waals surface area contributed by atoms with E-state index in [4.69, 9.17) is 0 Å². The number of hydrogen-bond acceptors (Lipinski definition) is 2. The Bertz CT molecular complexity index is 606. The second-order valence-corrected chi connectivity index (χ2v) is 7.66. The Labute approximate surface area is 126 Å². The zero-order valence-electron chi connectivity index (χ0n) is 12.7. The van der Waals surface area contributed by atoms with Crippen LogP contribution in [0.25, 0.3) is 0 Å². The van der Waals surface area contributed by atoms with Gasteiger partial charge in [-0.15, -0.1) is 0 Å². The summed E-state index contributed by atoms with van der Waals surface area (Å²) in [4.78, 5) is 0. The molecular formula is C19H24O2. The minimum atomic E-state index is -0.306. The Hall–Kier alpha value is -1.28. The molecule has 0 aliphatic heterocycles. The highest BCUT2D eigenvalue weighted by Gasteiger charge is 2.54. The molecule has 21 heavy (non-hydrogen) atoms. The summed E-state index contributed by atoms with van der Waals surface area (Å²) >= 11 is 0. The molecule has 2 fully saturated rings.